The van der Waals surface area contributed by atoms with Crippen molar-refractivity contribution in [3.8, 4) is 11.5 Å². The largest absolute Gasteiger partial charge is 0.619 e. The molecule has 1 fully saturated rings. The number of pyridine rings is 1. The van der Waals surface area contributed by atoms with Gasteiger partial charge in [0, 0.05) is 30.0 Å². The second-order valence-electron chi connectivity index (χ2n) is 11.2. The fourth-order valence-electron chi connectivity index (χ4n) is 5.34. The molecule has 4 aromatic rings. The molecule has 0 spiro atoms. The van der Waals surface area contributed by atoms with E-state index in [1.165, 1.54) is 43.6 Å². The molecule has 0 saturated carbocycles. The molecule has 0 bridgehead atoms. The molecule has 0 radical (unpaired) electrons. The van der Waals surface area contributed by atoms with E-state index in [-0.39, 0.29) is 39.7 Å². The van der Waals surface area contributed by atoms with Crippen LogP contribution in [0.15, 0.2) is 67.0 Å². The lowest BCUT2D eigenvalue weighted by Gasteiger charge is -2.31. The van der Waals surface area contributed by atoms with Gasteiger partial charge in [0.2, 0.25) is 0 Å². The Kier molecular flexibility index (Phi) is 11.6. The number of anilines is 1. The Balaban J connectivity index is 1.39. The Morgan fingerprint density at radius 2 is 1.73 bits per heavy atom. The highest BCUT2D eigenvalue weighted by Gasteiger charge is 2.28. The minimum atomic E-state index is -0.903. The average Bonchev–Trinajstić information content (AvgIpc) is 3.54. The number of methoxy groups -OCH3 is 2. The predicted octanol–water partition coefficient (Wildman–Crippen LogP) is 7.22. The van der Waals surface area contributed by atoms with E-state index in [4.69, 9.17) is 42.1 Å². The van der Waals surface area contributed by atoms with Crippen molar-refractivity contribution in [3.05, 3.63) is 109 Å². The summed E-state index contributed by atoms with van der Waals surface area (Å²) >= 11 is 13.9. The normalized spacial score (nSPS) is 14.3. The van der Waals surface area contributed by atoms with Crippen molar-refractivity contribution in [1.82, 2.24) is 4.90 Å². The zero-order valence-corrected chi connectivity index (χ0v) is 28.8. The molecule has 1 aliphatic rings. The number of thiophene rings is 1. The summed E-state index contributed by atoms with van der Waals surface area (Å²) in [5.41, 5.74) is 1.04. The van der Waals surface area contributed by atoms with Crippen LogP contribution in [-0.2, 0) is 22.4 Å². The lowest BCUT2D eigenvalue weighted by atomic mass is 10.0. The van der Waals surface area contributed by atoms with Crippen LogP contribution < -0.4 is 19.1 Å². The summed E-state index contributed by atoms with van der Waals surface area (Å²) in [7, 11) is 5.00. The molecular formula is C34H34Cl2FN3O7S. The summed E-state index contributed by atoms with van der Waals surface area (Å²) in [6.45, 7) is 1.55. The van der Waals surface area contributed by atoms with Crippen LogP contribution in [0.25, 0.3) is 0 Å². The van der Waals surface area contributed by atoms with Crippen molar-refractivity contribution < 1.29 is 37.7 Å². The number of likely N-dealkylation sites (tertiary alicyclic amines) is 1. The minimum Gasteiger partial charge on any atom is -0.619 e. The number of aromatic nitrogens is 1. The lowest BCUT2D eigenvalue weighted by Crippen LogP contribution is -2.39. The van der Waals surface area contributed by atoms with Gasteiger partial charge in [-0.25, -0.2) is 14.0 Å². The fraction of sp³-hybridized carbons (Fsp3) is 0.324. The van der Waals surface area contributed by atoms with Crippen LogP contribution in [0.4, 0.5) is 14.9 Å². The second kappa shape index (κ2) is 15.9. The number of amides is 1. The van der Waals surface area contributed by atoms with Gasteiger partial charge in [-0.1, -0.05) is 41.4 Å². The number of carbonyl (C=O) groups is 2. The number of ether oxygens (including phenoxy) is 4. The fourth-order valence-corrected chi connectivity index (χ4v) is 6.81. The Hall–Kier alpha value is -4.10. The molecule has 0 N–H and O–H groups in total. The van der Waals surface area contributed by atoms with E-state index in [0.717, 1.165) is 24.4 Å². The highest BCUT2D eigenvalue weighted by molar-refractivity contribution is 7.14. The molecule has 3 heterocycles. The van der Waals surface area contributed by atoms with Crippen LogP contribution in [0.3, 0.4) is 0 Å². The number of para-hydroxylation sites is 1. The quantitative estimate of drug-likeness (QED) is 0.0910. The van der Waals surface area contributed by atoms with Crippen molar-refractivity contribution in [2.24, 2.45) is 0 Å². The van der Waals surface area contributed by atoms with Crippen molar-refractivity contribution >= 4 is 52.3 Å². The maximum Gasteiger partial charge on any atom is 0.414 e. The highest BCUT2D eigenvalue weighted by Crippen LogP contribution is 2.36. The molecule has 1 saturated heterocycles. The van der Waals surface area contributed by atoms with E-state index in [2.05, 4.69) is 4.90 Å². The first-order valence-electron chi connectivity index (χ1n) is 15.1. The molecule has 0 aliphatic carbocycles. The second-order valence-corrected chi connectivity index (χ2v) is 13.2. The maximum atomic E-state index is 14.9. The number of halogens is 3. The first-order chi connectivity index (χ1) is 23.1. The summed E-state index contributed by atoms with van der Waals surface area (Å²) in [6, 6.07) is 14.3. The number of nitrogens with zero attached hydrogens (tertiary/aromatic N) is 3. The van der Waals surface area contributed by atoms with Gasteiger partial charge in [0.15, 0.2) is 23.9 Å². The number of esters is 1. The van der Waals surface area contributed by atoms with E-state index in [0.29, 0.717) is 45.1 Å². The van der Waals surface area contributed by atoms with Gasteiger partial charge in [-0.2, -0.15) is 4.73 Å². The Morgan fingerprint density at radius 3 is 2.40 bits per heavy atom. The van der Waals surface area contributed by atoms with Crippen molar-refractivity contribution in [2.45, 2.75) is 38.0 Å². The monoisotopic (exact) mass is 717 g/mol. The third kappa shape index (κ3) is 8.48. The van der Waals surface area contributed by atoms with Gasteiger partial charge in [0.25, 0.3) is 0 Å². The van der Waals surface area contributed by atoms with Crippen molar-refractivity contribution in [1.29, 1.82) is 0 Å². The first kappa shape index (κ1) is 35.2. The van der Waals surface area contributed by atoms with Crippen LogP contribution in [-0.4, -0.2) is 57.4 Å². The topological polar surface area (TPSA) is 104 Å². The number of rotatable bonds is 11. The summed E-state index contributed by atoms with van der Waals surface area (Å²) in [6.07, 6.45) is 1.88. The molecule has 0 unspecified atom stereocenters. The number of hydrogen-bond acceptors (Lipinski definition) is 9. The molecule has 1 aliphatic heterocycles. The summed E-state index contributed by atoms with van der Waals surface area (Å²) < 4.78 is 38.1. The van der Waals surface area contributed by atoms with Gasteiger partial charge < -0.3 is 29.1 Å². The van der Waals surface area contributed by atoms with Crippen LogP contribution >= 0.6 is 34.5 Å². The van der Waals surface area contributed by atoms with Crippen LogP contribution in [0.5, 0.6) is 11.5 Å². The molecule has 14 heteroatoms. The number of carbonyl (C=O) groups excluding carboxylic acids is 2. The summed E-state index contributed by atoms with van der Waals surface area (Å²) in [5.74, 6) is -0.337. The smallest absolute Gasteiger partial charge is 0.414 e. The van der Waals surface area contributed by atoms with Crippen LogP contribution in [0, 0.1) is 11.0 Å². The van der Waals surface area contributed by atoms with E-state index >= 15 is 0 Å². The molecular weight excluding hydrogens is 684 g/mol. The standard InChI is InChI=1S/C34H34Cl2FN3O7S/c1-38-14-12-22(13-15-38)46-34(42)40(28-7-5-4-6-27(28)37)18-23-9-11-32(48-23)33(41)47-30(17-24-25(35)19-39(43)20-26(24)36)21-8-10-29(44-2)31(16-21)45-3/h4-11,16,19-20,22,30H,12-15,17-18H2,1-3H3/t30-/m0/s1. The van der Waals surface area contributed by atoms with E-state index in [1.807, 2.05) is 7.05 Å². The average molecular weight is 719 g/mol. The van der Waals surface area contributed by atoms with Gasteiger partial charge in [-0.05, 0) is 61.9 Å². The van der Waals surface area contributed by atoms with Crippen molar-refractivity contribution in [3.63, 3.8) is 0 Å². The molecule has 1 amide bonds. The summed E-state index contributed by atoms with van der Waals surface area (Å²) in [4.78, 5) is 31.3. The Bertz CT molecular complexity index is 1740. The summed E-state index contributed by atoms with van der Waals surface area (Å²) in [5, 5.41) is 12.1. The molecule has 48 heavy (non-hydrogen) atoms. The number of piperidine rings is 1. The number of hydrogen-bond donors (Lipinski definition) is 0. The maximum absolute atomic E-state index is 14.9. The van der Waals surface area contributed by atoms with E-state index < -0.39 is 24.0 Å². The van der Waals surface area contributed by atoms with Crippen LogP contribution in [0.2, 0.25) is 10.0 Å². The third-order valence-electron chi connectivity index (χ3n) is 7.95. The van der Waals surface area contributed by atoms with Crippen molar-refractivity contribution in [2.75, 3.05) is 39.3 Å². The third-order valence-corrected chi connectivity index (χ3v) is 9.65. The predicted molar refractivity (Wildman–Crippen MR) is 181 cm³/mol. The Morgan fingerprint density at radius 1 is 1.04 bits per heavy atom. The first-order valence-corrected chi connectivity index (χ1v) is 16.6. The van der Waals surface area contributed by atoms with Gasteiger partial charge in [0.1, 0.15) is 32.9 Å². The molecule has 2 aromatic heterocycles. The minimum absolute atomic E-state index is 0.0339. The molecule has 10 nitrogen and oxygen atoms in total. The number of benzene rings is 2. The van der Waals surface area contributed by atoms with Gasteiger partial charge in [-0.3, -0.25) is 4.90 Å². The van der Waals surface area contributed by atoms with Gasteiger partial charge >= 0.3 is 12.1 Å². The highest BCUT2D eigenvalue weighted by atomic mass is 35.5. The van der Waals surface area contributed by atoms with Gasteiger partial charge in [0.05, 0.1) is 26.5 Å². The Labute approximate surface area is 291 Å². The van der Waals surface area contributed by atoms with E-state index in [1.54, 1.807) is 42.5 Å². The molecule has 5 rings (SSSR count). The van der Waals surface area contributed by atoms with Gasteiger partial charge in [-0.15, -0.1) is 11.3 Å². The van der Waals surface area contributed by atoms with E-state index in [9.17, 15) is 19.2 Å². The molecule has 2 aromatic carbocycles. The SMILES string of the molecule is COc1ccc([C@H](Cc2c(Cl)c[n+]([O-])cc2Cl)OC(=O)c2ccc(CN(C(=O)OC3CCN(C)CC3)c3ccccc3F)s2)cc1OC. The molecule has 254 valence electrons. The lowest BCUT2D eigenvalue weighted by molar-refractivity contribution is -0.605. The zero-order valence-electron chi connectivity index (χ0n) is 26.5. The van der Waals surface area contributed by atoms with Crippen LogP contribution in [0.1, 0.15) is 44.6 Å². The molecule has 1 atom stereocenters. The zero-order chi connectivity index (χ0) is 34.4.